The third-order valence-electron chi connectivity index (χ3n) is 7.32. The second-order valence-electron chi connectivity index (χ2n) is 9.71. The largest absolute Gasteiger partial charge is 0.344 e. The van der Waals surface area contributed by atoms with Gasteiger partial charge in [-0.15, -0.1) is 0 Å². The van der Waals surface area contributed by atoms with Crippen molar-refractivity contribution in [3.05, 3.63) is 70.6 Å². The Hall–Kier alpha value is -2.09. The zero-order chi connectivity index (χ0) is 18.6. The second kappa shape index (κ2) is 5.95. The standard InChI is InChI=1S/C25H30N2/c1-24(2)13-12-20-22(15-24)27-23-21(14-18(16-26-23)17-8-7-9-17)25(20,3)19-10-5-4-6-11-19/h4-6,10-11,14,16-17H,7-9,12-13,15H2,1-3H3,(H,26,27)/t25-/m0/s1. The maximum atomic E-state index is 4.94. The Morgan fingerprint density at radius 1 is 1.07 bits per heavy atom. The molecule has 3 aliphatic rings. The van der Waals surface area contributed by atoms with Gasteiger partial charge in [-0.05, 0) is 73.1 Å². The molecule has 1 fully saturated rings. The van der Waals surface area contributed by atoms with E-state index in [0.29, 0.717) is 11.3 Å². The summed E-state index contributed by atoms with van der Waals surface area (Å²) in [5.41, 5.74) is 7.46. The maximum absolute atomic E-state index is 4.94. The van der Waals surface area contributed by atoms with Crippen LogP contribution in [-0.4, -0.2) is 4.98 Å². The lowest BCUT2D eigenvalue weighted by Gasteiger charge is -2.46. The minimum absolute atomic E-state index is 0.0829. The summed E-state index contributed by atoms with van der Waals surface area (Å²) in [6, 6.07) is 13.6. The van der Waals surface area contributed by atoms with E-state index in [1.165, 1.54) is 48.1 Å². The van der Waals surface area contributed by atoms with Crippen LogP contribution in [0.2, 0.25) is 0 Å². The van der Waals surface area contributed by atoms with Gasteiger partial charge in [-0.3, -0.25) is 0 Å². The predicted octanol–water partition coefficient (Wildman–Crippen LogP) is 6.54. The van der Waals surface area contributed by atoms with Gasteiger partial charge in [-0.1, -0.05) is 50.6 Å². The number of fused-ring (bicyclic) bond motifs is 1. The van der Waals surface area contributed by atoms with Crippen LogP contribution in [0.15, 0.2) is 53.9 Å². The summed E-state index contributed by atoms with van der Waals surface area (Å²) < 4.78 is 0. The molecule has 2 aliphatic carbocycles. The second-order valence-corrected chi connectivity index (χ2v) is 9.71. The molecule has 1 atom stereocenters. The molecule has 2 heterocycles. The Morgan fingerprint density at radius 2 is 1.85 bits per heavy atom. The first-order chi connectivity index (χ1) is 13.0. The molecule has 0 radical (unpaired) electrons. The Labute approximate surface area is 163 Å². The summed E-state index contributed by atoms with van der Waals surface area (Å²) in [7, 11) is 0. The number of nitrogens with zero attached hydrogens (tertiary/aromatic N) is 1. The third kappa shape index (κ3) is 2.64. The lowest BCUT2D eigenvalue weighted by atomic mass is 9.62. The van der Waals surface area contributed by atoms with Crippen LogP contribution in [0.25, 0.3) is 0 Å². The topological polar surface area (TPSA) is 24.9 Å². The number of hydrogen-bond donors (Lipinski definition) is 1. The molecule has 0 unspecified atom stereocenters. The highest BCUT2D eigenvalue weighted by Gasteiger charge is 2.44. The number of hydrogen-bond acceptors (Lipinski definition) is 2. The lowest BCUT2D eigenvalue weighted by Crippen LogP contribution is -2.38. The quantitative estimate of drug-likeness (QED) is 0.659. The number of anilines is 1. The first kappa shape index (κ1) is 17.0. The van der Waals surface area contributed by atoms with Gasteiger partial charge in [-0.2, -0.15) is 0 Å². The van der Waals surface area contributed by atoms with Gasteiger partial charge < -0.3 is 5.32 Å². The van der Waals surface area contributed by atoms with Crippen molar-refractivity contribution in [1.29, 1.82) is 0 Å². The molecule has 140 valence electrons. The molecular weight excluding hydrogens is 328 g/mol. The lowest BCUT2D eigenvalue weighted by molar-refractivity contribution is 0.302. The molecule has 27 heavy (non-hydrogen) atoms. The van der Waals surface area contributed by atoms with Crippen LogP contribution >= 0.6 is 0 Å². The molecule has 0 bridgehead atoms. The fourth-order valence-electron chi connectivity index (χ4n) is 5.29. The van der Waals surface area contributed by atoms with Crippen molar-refractivity contribution >= 4 is 5.82 Å². The van der Waals surface area contributed by atoms with Gasteiger partial charge in [0.05, 0.1) is 0 Å². The van der Waals surface area contributed by atoms with Crippen molar-refractivity contribution in [3.63, 3.8) is 0 Å². The highest BCUT2D eigenvalue weighted by Crippen LogP contribution is 2.53. The average molecular weight is 359 g/mol. The third-order valence-corrected chi connectivity index (χ3v) is 7.32. The Bertz CT molecular complexity index is 905. The van der Waals surface area contributed by atoms with Gasteiger partial charge in [-0.25, -0.2) is 4.98 Å². The molecule has 0 saturated heterocycles. The maximum Gasteiger partial charge on any atom is 0.134 e. The van der Waals surface area contributed by atoms with E-state index in [-0.39, 0.29) is 5.41 Å². The average Bonchev–Trinajstić information content (AvgIpc) is 2.61. The summed E-state index contributed by atoms with van der Waals surface area (Å²) in [6.07, 6.45) is 9.64. The van der Waals surface area contributed by atoms with Crippen molar-refractivity contribution in [2.24, 2.45) is 5.41 Å². The molecule has 1 aromatic heterocycles. The van der Waals surface area contributed by atoms with Crippen LogP contribution in [0, 0.1) is 5.41 Å². The Kier molecular flexibility index (Phi) is 3.76. The number of pyridine rings is 1. The van der Waals surface area contributed by atoms with E-state index < -0.39 is 0 Å². The highest BCUT2D eigenvalue weighted by molar-refractivity contribution is 5.66. The van der Waals surface area contributed by atoms with Crippen molar-refractivity contribution in [3.8, 4) is 0 Å². The minimum atomic E-state index is -0.0829. The first-order valence-electron chi connectivity index (χ1n) is 10.5. The molecule has 1 aliphatic heterocycles. The fourth-order valence-corrected chi connectivity index (χ4v) is 5.29. The van der Waals surface area contributed by atoms with Crippen LogP contribution in [-0.2, 0) is 5.41 Å². The Morgan fingerprint density at radius 3 is 2.56 bits per heavy atom. The van der Waals surface area contributed by atoms with Gasteiger partial charge in [0.1, 0.15) is 5.82 Å². The molecule has 2 aromatic rings. The van der Waals surface area contributed by atoms with E-state index in [1.807, 2.05) is 0 Å². The molecule has 0 spiro atoms. The van der Waals surface area contributed by atoms with Gasteiger partial charge in [0, 0.05) is 22.9 Å². The van der Waals surface area contributed by atoms with Crippen molar-refractivity contribution < 1.29 is 0 Å². The molecule has 1 aromatic carbocycles. The molecule has 2 nitrogen and oxygen atoms in total. The monoisotopic (exact) mass is 358 g/mol. The number of allylic oxidation sites excluding steroid dienone is 2. The van der Waals surface area contributed by atoms with Crippen molar-refractivity contribution in [2.45, 2.75) is 70.6 Å². The molecule has 5 rings (SSSR count). The number of benzene rings is 1. The zero-order valence-corrected chi connectivity index (χ0v) is 16.8. The minimum Gasteiger partial charge on any atom is -0.344 e. The molecular formula is C25H30N2. The van der Waals surface area contributed by atoms with Gasteiger partial charge in [0.15, 0.2) is 0 Å². The van der Waals surface area contributed by atoms with Gasteiger partial charge in [0.2, 0.25) is 0 Å². The number of aromatic nitrogens is 1. The van der Waals surface area contributed by atoms with Crippen LogP contribution in [0.1, 0.15) is 81.9 Å². The normalized spacial score (nSPS) is 26.6. The van der Waals surface area contributed by atoms with Crippen LogP contribution in [0.5, 0.6) is 0 Å². The highest BCUT2D eigenvalue weighted by atomic mass is 15.0. The zero-order valence-electron chi connectivity index (χ0n) is 16.8. The summed E-state index contributed by atoms with van der Waals surface area (Å²) in [5, 5.41) is 3.75. The molecule has 2 heteroatoms. The van der Waals surface area contributed by atoms with E-state index >= 15 is 0 Å². The van der Waals surface area contributed by atoms with Crippen LogP contribution in [0.3, 0.4) is 0 Å². The SMILES string of the molecule is CC1(C)CCC2=C(C1)Nc1ncc(C3CCC3)cc1[C@@]2(C)c1ccccc1. The summed E-state index contributed by atoms with van der Waals surface area (Å²) in [6.45, 7) is 7.21. The summed E-state index contributed by atoms with van der Waals surface area (Å²) in [4.78, 5) is 4.94. The predicted molar refractivity (Wildman–Crippen MR) is 112 cm³/mol. The van der Waals surface area contributed by atoms with Crippen molar-refractivity contribution in [2.75, 3.05) is 5.32 Å². The molecule has 1 saturated carbocycles. The molecule has 1 N–H and O–H groups in total. The van der Waals surface area contributed by atoms with Crippen LogP contribution < -0.4 is 5.32 Å². The van der Waals surface area contributed by atoms with E-state index in [0.717, 1.165) is 18.7 Å². The molecule has 0 amide bonds. The van der Waals surface area contributed by atoms with Crippen molar-refractivity contribution in [1.82, 2.24) is 4.98 Å². The summed E-state index contributed by atoms with van der Waals surface area (Å²) >= 11 is 0. The van der Waals surface area contributed by atoms with Crippen LogP contribution in [0.4, 0.5) is 5.82 Å². The van der Waals surface area contributed by atoms with Gasteiger partial charge >= 0.3 is 0 Å². The van der Waals surface area contributed by atoms with E-state index in [4.69, 9.17) is 4.98 Å². The van der Waals surface area contributed by atoms with E-state index in [1.54, 1.807) is 5.57 Å². The Balaban J connectivity index is 1.70. The summed E-state index contributed by atoms with van der Waals surface area (Å²) in [5.74, 6) is 1.78. The smallest absolute Gasteiger partial charge is 0.134 e. The van der Waals surface area contributed by atoms with E-state index in [9.17, 15) is 0 Å². The van der Waals surface area contributed by atoms with E-state index in [2.05, 4.69) is 68.7 Å². The fraction of sp³-hybridized carbons (Fsp3) is 0.480. The number of nitrogens with one attached hydrogen (secondary N) is 1. The van der Waals surface area contributed by atoms with Gasteiger partial charge in [0.25, 0.3) is 0 Å². The number of rotatable bonds is 2. The first-order valence-corrected chi connectivity index (χ1v) is 10.5.